The molecule has 0 bridgehead atoms. The highest BCUT2D eigenvalue weighted by Gasteiger charge is 2.38. The number of carboxylic acids is 1. The number of carbonyl (C=O) groups excluding carboxylic acids is 1. The first kappa shape index (κ1) is 16.6. The van der Waals surface area contributed by atoms with Gasteiger partial charge < -0.3 is 19.6 Å². The Bertz CT molecular complexity index is 984. The van der Waals surface area contributed by atoms with Gasteiger partial charge in [0.2, 0.25) is 5.91 Å². The number of nitrogens with one attached hydrogen (secondary N) is 1. The summed E-state index contributed by atoms with van der Waals surface area (Å²) in [6.07, 6.45) is 0.406. The average molecular weight is 353 g/mol. The number of hydrogen-bond donors (Lipinski definition) is 2. The average Bonchev–Trinajstić information content (AvgIpc) is 3.20. The quantitative estimate of drug-likeness (QED) is 0.736. The number of amides is 1. The van der Waals surface area contributed by atoms with Crippen molar-refractivity contribution in [1.29, 1.82) is 0 Å². The van der Waals surface area contributed by atoms with Crippen LogP contribution >= 0.6 is 0 Å². The summed E-state index contributed by atoms with van der Waals surface area (Å²) in [4.78, 5) is 23.6. The minimum Gasteiger partial charge on any atom is -0.481 e. The predicted octanol–water partition coefficient (Wildman–Crippen LogP) is 2.88. The maximum absolute atomic E-state index is 12.5. The lowest BCUT2D eigenvalue weighted by atomic mass is 9.94. The highest BCUT2D eigenvalue weighted by Crippen LogP contribution is 2.29. The van der Waals surface area contributed by atoms with Gasteiger partial charge in [0.1, 0.15) is 11.3 Å². The normalized spacial score (nSPS) is 19.8. The first-order valence-corrected chi connectivity index (χ1v) is 8.55. The second-order valence-electron chi connectivity index (χ2n) is 6.79. The molecule has 6 heteroatoms. The molecule has 6 nitrogen and oxygen atoms in total. The minimum absolute atomic E-state index is 0.0599. The third-order valence-electron chi connectivity index (χ3n) is 4.81. The molecule has 2 aromatic carbocycles. The molecule has 1 aliphatic rings. The van der Waals surface area contributed by atoms with E-state index in [0.29, 0.717) is 18.8 Å². The number of fused-ring (bicyclic) bond motifs is 3. The SMILES string of the molecule is O=C(O)CC1(NC(=O)Cc2cc3c(ccc4ccccc43)o2)CCOC1. The zero-order chi connectivity index (χ0) is 18.1. The standard InChI is InChI=1S/C20H19NO5/c22-18(21-20(11-19(23)24)7-8-25-12-20)10-14-9-16-15-4-2-1-3-13(15)5-6-17(16)26-14/h1-6,9H,7-8,10-12H2,(H,21,22)(H,23,24). The molecule has 1 aromatic heterocycles. The number of carboxylic acid groups (broad SMARTS) is 1. The zero-order valence-electron chi connectivity index (χ0n) is 14.2. The van der Waals surface area contributed by atoms with Gasteiger partial charge >= 0.3 is 5.97 Å². The third kappa shape index (κ3) is 3.15. The van der Waals surface area contributed by atoms with E-state index in [1.54, 1.807) is 0 Å². The Labute approximate surface area is 149 Å². The molecule has 1 atom stereocenters. The maximum Gasteiger partial charge on any atom is 0.305 e. The van der Waals surface area contributed by atoms with Gasteiger partial charge in [0.25, 0.3) is 0 Å². The lowest BCUT2D eigenvalue weighted by Gasteiger charge is -2.26. The molecule has 0 aliphatic carbocycles. The molecule has 1 amide bonds. The molecule has 2 N–H and O–H groups in total. The highest BCUT2D eigenvalue weighted by atomic mass is 16.5. The molecule has 0 spiro atoms. The van der Waals surface area contributed by atoms with Crippen LogP contribution in [0.5, 0.6) is 0 Å². The van der Waals surface area contributed by atoms with Crippen LogP contribution in [0.3, 0.4) is 0 Å². The van der Waals surface area contributed by atoms with Gasteiger partial charge in [-0.05, 0) is 29.3 Å². The van der Waals surface area contributed by atoms with Crippen LogP contribution in [0.15, 0.2) is 46.9 Å². The van der Waals surface area contributed by atoms with Crippen molar-refractivity contribution in [3.05, 3.63) is 48.2 Å². The van der Waals surface area contributed by atoms with Gasteiger partial charge in [-0.15, -0.1) is 0 Å². The van der Waals surface area contributed by atoms with Crippen molar-refractivity contribution in [3.8, 4) is 0 Å². The highest BCUT2D eigenvalue weighted by molar-refractivity contribution is 6.06. The number of carbonyl (C=O) groups is 2. The molecule has 1 fully saturated rings. The van der Waals surface area contributed by atoms with Crippen LogP contribution in [-0.4, -0.2) is 35.7 Å². The Kier molecular flexibility index (Phi) is 4.12. The Morgan fingerprint density at radius 3 is 2.77 bits per heavy atom. The zero-order valence-corrected chi connectivity index (χ0v) is 14.2. The van der Waals surface area contributed by atoms with Crippen molar-refractivity contribution in [1.82, 2.24) is 5.32 Å². The Hall–Kier alpha value is -2.86. The van der Waals surface area contributed by atoms with E-state index in [-0.39, 0.29) is 25.4 Å². The second kappa shape index (κ2) is 6.46. The van der Waals surface area contributed by atoms with E-state index < -0.39 is 11.5 Å². The second-order valence-corrected chi connectivity index (χ2v) is 6.79. The van der Waals surface area contributed by atoms with Gasteiger partial charge in [-0.25, -0.2) is 0 Å². The van der Waals surface area contributed by atoms with Crippen LogP contribution in [-0.2, 0) is 20.7 Å². The molecule has 2 heterocycles. The summed E-state index contributed by atoms with van der Waals surface area (Å²) < 4.78 is 11.1. The van der Waals surface area contributed by atoms with E-state index in [0.717, 1.165) is 21.7 Å². The van der Waals surface area contributed by atoms with Crippen LogP contribution < -0.4 is 5.32 Å². The van der Waals surface area contributed by atoms with E-state index in [1.165, 1.54) is 0 Å². The molecule has 3 aromatic rings. The number of aliphatic carboxylic acids is 1. The van der Waals surface area contributed by atoms with Crippen LogP contribution in [0.1, 0.15) is 18.6 Å². The van der Waals surface area contributed by atoms with Crippen molar-refractivity contribution in [2.45, 2.75) is 24.8 Å². The fourth-order valence-corrected chi connectivity index (χ4v) is 3.61. The van der Waals surface area contributed by atoms with Crippen LogP contribution in [0, 0.1) is 0 Å². The third-order valence-corrected chi connectivity index (χ3v) is 4.81. The molecular formula is C20H19NO5. The lowest BCUT2D eigenvalue weighted by Crippen LogP contribution is -2.51. The summed E-state index contributed by atoms with van der Waals surface area (Å²) in [5, 5.41) is 15.1. The fourth-order valence-electron chi connectivity index (χ4n) is 3.61. The number of hydrogen-bond acceptors (Lipinski definition) is 4. The topological polar surface area (TPSA) is 88.8 Å². The first-order valence-electron chi connectivity index (χ1n) is 8.55. The molecule has 0 saturated carbocycles. The van der Waals surface area contributed by atoms with Crippen molar-refractivity contribution in [3.63, 3.8) is 0 Å². The number of ether oxygens (including phenoxy) is 1. The molecule has 0 radical (unpaired) electrons. The summed E-state index contributed by atoms with van der Waals surface area (Å²) in [6, 6.07) is 13.8. The summed E-state index contributed by atoms with van der Waals surface area (Å²) in [5.41, 5.74) is -0.0994. The molecule has 1 saturated heterocycles. The first-order chi connectivity index (χ1) is 12.5. The Balaban J connectivity index is 1.56. The van der Waals surface area contributed by atoms with E-state index >= 15 is 0 Å². The monoisotopic (exact) mass is 353 g/mol. The van der Waals surface area contributed by atoms with Gasteiger partial charge in [-0.3, -0.25) is 9.59 Å². The number of furan rings is 1. The van der Waals surface area contributed by atoms with Crippen LogP contribution in [0.25, 0.3) is 21.7 Å². The summed E-state index contributed by atoms with van der Waals surface area (Å²) in [6.45, 7) is 0.667. The largest absolute Gasteiger partial charge is 0.481 e. The van der Waals surface area contributed by atoms with Gasteiger partial charge in [-0.2, -0.15) is 0 Å². The molecule has 26 heavy (non-hydrogen) atoms. The van der Waals surface area contributed by atoms with Gasteiger partial charge in [0.15, 0.2) is 0 Å². The molecule has 4 rings (SSSR count). The molecular weight excluding hydrogens is 334 g/mol. The summed E-state index contributed by atoms with van der Waals surface area (Å²) in [7, 11) is 0. The van der Waals surface area contributed by atoms with E-state index in [1.807, 2.05) is 42.5 Å². The van der Waals surface area contributed by atoms with Gasteiger partial charge in [-0.1, -0.05) is 30.3 Å². The van der Waals surface area contributed by atoms with E-state index in [9.17, 15) is 9.59 Å². The minimum atomic E-state index is -0.953. The van der Waals surface area contributed by atoms with Crippen molar-refractivity contribution >= 4 is 33.6 Å². The predicted molar refractivity (Wildman–Crippen MR) is 96.0 cm³/mol. The smallest absolute Gasteiger partial charge is 0.305 e. The van der Waals surface area contributed by atoms with Crippen molar-refractivity contribution < 1.29 is 23.8 Å². The molecule has 134 valence electrons. The Morgan fingerprint density at radius 1 is 1.15 bits per heavy atom. The lowest BCUT2D eigenvalue weighted by molar-refractivity contribution is -0.139. The fraction of sp³-hybridized carbons (Fsp3) is 0.300. The molecule has 1 aliphatic heterocycles. The Morgan fingerprint density at radius 2 is 2.00 bits per heavy atom. The number of rotatable bonds is 5. The van der Waals surface area contributed by atoms with Gasteiger partial charge in [0.05, 0.1) is 25.0 Å². The van der Waals surface area contributed by atoms with Crippen LogP contribution in [0.2, 0.25) is 0 Å². The number of benzene rings is 2. The maximum atomic E-state index is 12.5. The van der Waals surface area contributed by atoms with Crippen LogP contribution in [0.4, 0.5) is 0 Å². The van der Waals surface area contributed by atoms with E-state index in [2.05, 4.69) is 5.32 Å². The van der Waals surface area contributed by atoms with Crippen molar-refractivity contribution in [2.24, 2.45) is 0 Å². The van der Waals surface area contributed by atoms with E-state index in [4.69, 9.17) is 14.3 Å². The molecule has 1 unspecified atom stereocenters. The van der Waals surface area contributed by atoms with Gasteiger partial charge in [0, 0.05) is 12.0 Å². The summed E-state index contributed by atoms with van der Waals surface area (Å²) in [5.74, 6) is -0.663. The summed E-state index contributed by atoms with van der Waals surface area (Å²) >= 11 is 0. The van der Waals surface area contributed by atoms with Crippen molar-refractivity contribution in [2.75, 3.05) is 13.2 Å².